The van der Waals surface area contributed by atoms with Gasteiger partial charge in [-0.25, -0.2) is 0 Å². The number of nitrogens with zero attached hydrogens (tertiary/aromatic N) is 2. The maximum absolute atomic E-state index is 5.42. The van der Waals surface area contributed by atoms with Crippen molar-refractivity contribution < 1.29 is 9.47 Å². The second-order valence-corrected chi connectivity index (χ2v) is 6.70. The maximum atomic E-state index is 5.42. The molecule has 0 atom stereocenters. The number of guanidine groups is 1. The van der Waals surface area contributed by atoms with Crippen molar-refractivity contribution in [2.75, 3.05) is 39.4 Å². The molecule has 0 radical (unpaired) electrons. The molecule has 0 amide bonds. The number of rotatable bonds is 7. The number of nitrogens with one attached hydrogen (secondary N) is 2. The van der Waals surface area contributed by atoms with Crippen molar-refractivity contribution in [3.63, 3.8) is 0 Å². The molecule has 1 aliphatic rings. The number of aryl methyl sites for hydroxylation is 1. The lowest BCUT2D eigenvalue weighted by molar-refractivity contribution is 0.174. The van der Waals surface area contributed by atoms with Crippen molar-refractivity contribution in [2.45, 2.75) is 19.4 Å². The van der Waals surface area contributed by atoms with E-state index in [1.807, 2.05) is 18.2 Å². The van der Waals surface area contributed by atoms with Crippen molar-refractivity contribution in [1.29, 1.82) is 0 Å². The van der Waals surface area contributed by atoms with E-state index in [0.717, 1.165) is 42.4 Å². The van der Waals surface area contributed by atoms with Crippen LogP contribution in [0.25, 0.3) is 0 Å². The van der Waals surface area contributed by atoms with E-state index in [1.54, 1.807) is 7.05 Å². The number of anilines is 1. The average Bonchev–Trinajstić information content (AvgIpc) is 3.15. The summed E-state index contributed by atoms with van der Waals surface area (Å²) < 4.78 is 10.8. The van der Waals surface area contributed by atoms with Gasteiger partial charge in [-0.2, -0.15) is 0 Å². The molecule has 0 bridgehead atoms. The first-order valence-corrected chi connectivity index (χ1v) is 9.25. The van der Waals surface area contributed by atoms with Gasteiger partial charge in [0.25, 0.3) is 0 Å². The molecule has 0 spiro atoms. The van der Waals surface area contributed by atoms with Gasteiger partial charge >= 0.3 is 0 Å². The highest BCUT2D eigenvalue weighted by atomic mass is 16.7. The molecule has 0 unspecified atom stereocenters. The molecule has 0 saturated carbocycles. The van der Waals surface area contributed by atoms with Crippen molar-refractivity contribution in [2.24, 2.45) is 4.99 Å². The minimum Gasteiger partial charge on any atom is -0.454 e. The fraction of sp³-hybridized carbons (Fsp3) is 0.381. The summed E-state index contributed by atoms with van der Waals surface area (Å²) in [5.74, 6) is 2.41. The smallest absolute Gasteiger partial charge is 0.231 e. The minimum atomic E-state index is 0.299. The Morgan fingerprint density at radius 2 is 1.74 bits per heavy atom. The zero-order chi connectivity index (χ0) is 19.1. The molecule has 2 N–H and O–H groups in total. The SMILES string of the molecule is CN=C(NCCCc1ccc(N(C)C)cc1)NCc1ccc2c(c1)OCO2. The van der Waals surface area contributed by atoms with E-state index in [0.29, 0.717) is 13.3 Å². The van der Waals surface area contributed by atoms with E-state index in [-0.39, 0.29) is 0 Å². The average molecular weight is 368 g/mol. The van der Waals surface area contributed by atoms with Gasteiger partial charge in [-0.3, -0.25) is 4.99 Å². The third kappa shape index (κ3) is 5.29. The topological polar surface area (TPSA) is 58.1 Å². The predicted octanol–water partition coefficient (Wildman–Crippen LogP) is 2.78. The molecular weight excluding hydrogens is 340 g/mol. The van der Waals surface area contributed by atoms with Crippen LogP contribution in [0, 0.1) is 0 Å². The molecule has 6 nitrogen and oxygen atoms in total. The molecule has 1 heterocycles. The quantitative estimate of drug-likeness (QED) is 0.447. The Labute approximate surface area is 161 Å². The van der Waals surface area contributed by atoms with E-state index < -0.39 is 0 Å². The number of benzene rings is 2. The first kappa shape index (κ1) is 18.9. The van der Waals surface area contributed by atoms with E-state index in [4.69, 9.17) is 9.47 Å². The Kier molecular flexibility index (Phi) is 6.41. The molecule has 3 rings (SSSR count). The molecule has 0 saturated heterocycles. The molecule has 2 aromatic rings. The van der Waals surface area contributed by atoms with Gasteiger partial charge in [-0.05, 0) is 48.2 Å². The number of hydrogen-bond donors (Lipinski definition) is 2. The Morgan fingerprint density at radius 3 is 2.48 bits per heavy atom. The number of aliphatic imine (C=N–C) groups is 1. The molecule has 144 valence electrons. The van der Waals surface area contributed by atoms with E-state index in [1.165, 1.54) is 11.3 Å². The van der Waals surface area contributed by atoms with Crippen molar-refractivity contribution in [1.82, 2.24) is 10.6 Å². The van der Waals surface area contributed by atoms with Gasteiger partial charge < -0.3 is 25.0 Å². The third-order valence-electron chi connectivity index (χ3n) is 4.51. The standard InChI is InChI=1S/C21H28N4O2/c1-22-21(24-14-17-8-11-19-20(13-17)27-15-26-19)23-12-4-5-16-6-9-18(10-7-16)25(2)3/h6-11,13H,4-5,12,14-15H2,1-3H3,(H2,22,23,24). The highest BCUT2D eigenvalue weighted by Gasteiger charge is 2.13. The van der Waals surface area contributed by atoms with Crippen LogP contribution in [0.4, 0.5) is 5.69 Å². The summed E-state index contributed by atoms with van der Waals surface area (Å²) in [5, 5.41) is 6.70. The molecule has 0 aliphatic carbocycles. The van der Waals surface area contributed by atoms with E-state index in [9.17, 15) is 0 Å². The van der Waals surface area contributed by atoms with Gasteiger partial charge in [0.2, 0.25) is 6.79 Å². The highest BCUT2D eigenvalue weighted by Crippen LogP contribution is 2.32. The first-order chi connectivity index (χ1) is 13.2. The zero-order valence-corrected chi connectivity index (χ0v) is 16.3. The fourth-order valence-corrected chi connectivity index (χ4v) is 2.92. The van der Waals surface area contributed by atoms with Crippen LogP contribution in [0.15, 0.2) is 47.5 Å². The van der Waals surface area contributed by atoms with Crippen LogP contribution in [0.1, 0.15) is 17.5 Å². The second-order valence-electron chi connectivity index (χ2n) is 6.70. The number of hydrogen-bond acceptors (Lipinski definition) is 4. The first-order valence-electron chi connectivity index (χ1n) is 9.25. The minimum absolute atomic E-state index is 0.299. The van der Waals surface area contributed by atoms with E-state index >= 15 is 0 Å². The Morgan fingerprint density at radius 1 is 1.00 bits per heavy atom. The molecule has 0 aromatic heterocycles. The van der Waals surface area contributed by atoms with Gasteiger partial charge in [0.05, 0.1) is 0 Å². The number of ether oxygens (including phenoxy) is 2. The molecule has 27 heavy (non-hydrogen) atoms. The van der Waals surface area contributed by atoms with Crippen LogP contribution >= 0.6 is 0 Å². The summed E-state index contributed by atoms with van der Waals surface area (Å²) in [6.45, 7) is 1.85. The molecule has 0 fully saturated rings. The van der Waals surface area contributed by atoms with Crippen LogP contribution in [-0.4, -0.2) is 40.4 Å². The summed E-state index contributed by atoms with van der Waals surface area (Å²) >= 11 is 0. The summed E-state index contributed by atoms with van der Waals surface area (Å²) in [5.41, 5.74) is 3.71. The zero-order valence-electron chi connectivity index (χ0n) is 16.3. The molecule has 2 aromatic carbocycles. The fourth-order valence-electron chi connectivity index (χ4n) is 2.92. The largest absolute Gasteiger partial charge is 0.454 e. The third-order valence-corrected chi connectivity index (χ3v) is 4.51. The predicted molar refractivity (Wildman–Crippen MR) is 110 cm³/mol. The second kappa shape index (κ2) is 9.16. The van der Waals surface area contributed by atoms with Gasteiger partial charge in [0.15, 0.2) is 17.5 Å². The Hall–Kier alpha value is -2.89. The summed E-state index contributed by atoms with van der Waals surface area (Å²) in [6.07, 6.45) is 2.09. The normalized spacial score (nSPS) is 12.8. The van der Waals surface area contributed by atoms with Crippen LogP contribution in [-0.2, 0) is 13.0 Å². The van der Waals surface area contributed by atoms with Gasteiger partial charge in [-0.15, -0.1) is 0 Å². The van der Waals surface area contributed by atoms with Crippen LogP contribution in [0.5, 0.6) is 11.5 Å². The Balaban J connectivity index is 1.39. The van der Waals surface area contributed by atoms with Gasteiger partial charge in [-0.1, -0.05) is 18.2 Å². The molecular formula is C21H28N4O2. The maximum Gasteiger partial charge on any atom is 0.231 e. The van der Waals surface area contributed by atoms with Gasteiger partial charge in [0, 0.05) is 39.9 Å². The van der Waals surface area contributed by atoms with Crippen molar-refractivity contribution in [3.05, 3.63) is 53.6 Å². The summed E-state index contributed by atoms with van der Waals surface area (Å²) in [4.78, 5) is 6.40. The monoisotopic (exact) mass is 368 g/mol. The van der Waals surface area contributed by atoms with Crippen LogP contribution in [0.2, 0.25) is 0 Å². The summed E-state index contributed by atoms with van der Waals surface area (Å²) in [7, 11) is 5.90. The molecule has 1 aliphatic heterocycles. The number of fused-ring (bicyclic) bond motifs is 1. The lowest BCUT2D eigenvalue weighted by atomic mass is 10.1. The highest BCUT2D eigenvalue weighted by molar-refractivity contribution is 5.79. The van der Waals surface area contributed by atoms with Gasteiger partial charge in [0.1, 0.15) is 0 Å². The lowest BCUT2D eigenvalue weighted by Gasteiger charge is -2.13. The van der Waals surface area contributed by atoms with Crippen molar-refractivity contribution in [3.8, 4) is 11.5 Å². The lowest BCUT2D eigenvalue weighted by Crippen LogP contribution is -2.37. The molecule has 6 heteroatoms. The van der Waals surface area contributed by atoms with Crippen molar-refractivity contribution >= 4 is 11.6 Å². The Bertz CT molecular complexity index is 772. The van der Waals surface area contributed by atoms with Crippen LogP contribution in [0.3, 0.4) is 0 Å². The van der Waals surface area contributed by atoms with Crippen LogP contribution < -0.4 is 25.0 Å². The summed E-state index contributed by atoms with van der Waals surface area (Å²) in [6, 6.07) is 14.7. The van der Waals surface area contributed by atoms with E-state index in [2.05, 4.69) is 58.9 Å².